The smallest absolute Gasteiger partial charge is 0.166 e. The highest BCUT2D eigenvalue weighted by Crippen LogP contribution is 2.42. The van der Waals surface area contributed by atoms with E-state index in [1.807, 2.05) is 72.0 Å². The normalized spacial score (nSPS) is 11.6. The van der Waals surface area contributed by atoms with Crippen LogP contribution in [-0.2, 0) is 0 Å². The van der Waals surface area contributed by atoms with Gasteiger partial charge in [0.05, 0.1) is 11.0 Å². The Kier molecular flexibility index (Phi) is 6.64. The first kappa shape index (κ1) is 28.6. The second-order valence-corrected chi connectivity index (χ2v) is 13.5. The van der Waals surface area contributed by atoms with E-state index in [0.29, 0.717) is 17.5 Å². The van der Waals surface area contributed by atoms with Crippen molar-refractivity contribution in [2.45, 2.75) is 0 Å². The van der Waals surface area contributed by atoms with E-state index in [-0.39, 0.29) is 0 Å². The van der Waals surface area contributed by atoms with E-state index in [4.69, 9.17) is 15.0 Å². The van der Waals surface area contributed by atoms with Gasteiger partial charge in [0.1, 0.15) is 0 Å². The molecule has 0 aliphatic rings. The number of thiophene rings is 1. The van der Waals surface area contributed by atoms with Crippen LogP contribution in [0.15, 0.2) is 170 Å². The van der Waals surface area contributed by atoms with Crippen molar-refractivity contribution < 1.29 is 0 Å². The summed E-state index contributed by atoms with van der Waals surface area (Å²) in [6.45, 7) is 0. The summed E-state index contributed by atoms with van der Waals surface area (Å²) >= 11 is 1.85. The molecule has 10 aromatic rings. The van der Waals surface area contributed by atoms with Gasteiger partial charge in [-0.3, -0.25) is 0 Å². The zero-order valence-electron chi connectivity index (χ0n) is 26.9. The standard InChI is InChI=1S/C45H28N4S/c1-3-14-29(15-4-1)43-46-44(30-16-5-2-6-17-30)48-45(47-43)37-24-12-23-35-34-20-7-9-25-38(34)49(42(35)37)32-19-11-18-31(28-32)33-22-13-27-40-41(33)36-21-8-10-26-39(36)50-40/h1-28H. The van der Waals surface area contributed by atoms with Crippen LogP contribution in [0.3, 0.4) is 0 Å². The van der Waals surface area contributed by atoms with Crippen LogP contribution in [0.2, 0.25) is 0 Å². The van der Waals surface area contributed by atoms with E-state index >= 15 is 0 Å². The molecule has 0 spiro atoms. The number of benzene rings is 7. The maximum Gasteiger partial charge on any atom is 0.166 e. The molecule has 0 fully saturated rings. The van der Waals surface area contributed by atoms with Gasteiger partial charge < -0.3 is 4.57 Å². The number of hydrogen-bond donors (Lipinski definition) is 0. The van der Waals surface area contributed by atoms with Crippen molar-refractivity contribution in [1.82, 2.24) is 19.5 Å². The topological polar surface area (TPSA) is 43.6 Å². The highest BCUT2D eigenvalue weighted by atomic mass is 32.1. The van der Waals surface area contributed by atoms with Gasteiger partial charge in [-0.25, -0.2) is 15.0 Å². The van der Waals surface area contributed by atoms with Crippen LogP contribution in [-0.4, -0.2) is 19.5 Å². The fourth-order valence-electron chi connectivity index (χ4n) is 7.22. The maximum absolute atomic E-state index is 5.14. The molecule has 0 aliphatic heterocycles. The molecule has 0 N–H and O–H groups in total. The molecule has 3 aromatic heterocycles. The lowest BCUT2D eigenvalue weighted by Gasteiger charge is -2.14. The first-order valence-electron chi connectivity index (χ1n) is 16.7. The molecule has 0 amide bonds. The number of para-hydroxylation sites is 2. The Morgan fingerprint density at radius 2 is 0.960 bits per heavy atom. The Morgan fingerprint density at radius 1 is 0.400 bits per heavy atom. The van der Waals surface area contributed by atoms with Crippen LogP contribution in [0.5, 0.6) is 0 Å². The highest BCUT2D eigenvalue weighted by molar-refractivity contribution is 7.25. The molecule has 0 atom stereocenters. The van der Waals surface area contributed by atoms with Crippen LogP contribution in [0, 0.1) is 0 Å². The van der Waals surface area contributed by atoms with Gasteiger partial charge in [0.2, 0.25) is 0 Å². The summed E-state index contributed by atoms with van der Waals surface area (Å²) in [5.74, 6) is 1.93. The van der Waals surface area contributed by atoms with Crippen molar-refractivity contribution in [3.63, 3.8) is 0 Å². The Labute approximate surface area is 292 Å². The minimum Gasteiger partial charge on any atom is -0.308 e. The predicted octanol–water partition coefficient (Wildman–Crippen LogP) is 12.0. The molecule has 0 unspecified atom stereocenters. The molecule has 10 rings (SSSR count). The SMILES string of the molecule is c1ccc(-c2nc(-c3ccccc3)nc(-c3cccc4c5ccccc5n(-c5cccc(-c6cccc7sc8ccccc8c67)c5)c34)n2)cc1. The highest BCUT2D eigenvalue weighted by Gasteiger charge is 2.20. The quantitative estimate of drug-likeness (QED) is 0.185. The fraction of sp³-hybridized carbons (Fsp3) is 0. The lowest BCUT2D eigenvalue weighted by Crippen LogP contribution is -2.02. The van der Waals surface area contributed by atoms with Crippen LogP contribution >= 0.6 is 11.3 Å². The average Bonchev–Trinajstić information content (AvgIpc) is 3.75. The molecule has 0 aliphatic carbocycles. The molecule has 4 nitrogen and oxygen atoms in total. The van der Waals surface area contributed by atoms with Crippen LogP contribution < -0.4 is 0 Å². The maximum atomic E-state index is 5.14. The number of aromatic nitrogens is 4. The molecule has 7 aromatic carbocycles. The third-order valence-corrected chi connectivity index (χ3v) is 10.6. The molecule has 0 saturated carbocycles. The van der Waals surface area contributed by atoms with Gasteiger partial charge in [-0.2, -0.15) is 0 Å². The summed E-state index contributed by atoms with van der Waals surface area (Å²) in [7, 11) is 0. The Balaban J connectivity index is 1.24. The summed E-state index contributed by atoms with van der Waals surface area (Å²) in [4.78, 5) is 15.2. The van der Waals surface area contributed by atoms with E-state index in [1.165, 1.54) is 36.7 Å². The Hall–Kier alpha value is -6.43. The second kappa shape index (κ2) is 11.6. The van der Waals surface area contributed by atoms with Gasteiger partial charge in [-0.15, -0.1) is 11.3 Å². The van der Waals surface area contributed by atoms with E-state index in [2.05, 4.69) is 114 Å². The van der Waals surface area contributed by atoms with Gasteiger partial charge >= 0.3 is 0 Å². The van der Waals surface area contributed by atoms with E-state index in [1.54, 1.807) is 0 Å². The van der Waals surface area contributed by atoms with E-state index in [0.717, 1.165) is 38.8 Å². The van der Waals surface area contributed by atoms with E-state index < -0.39 is 0 Å². The average molecular weight is 657 g/mol. The van der Waals surface area contributed by atoms with Crippen LogP contribution in [0.4, 0.5) is 0 Å². The zero-order chi connectivity index (χ0) is 33.0. The number of rotatable bonds is 5. The van der Waals surface area contributed by atoms with Gasteiger partial charge in [-0.1, -0.05) is 133 Å². The van der Waals surface area contributed by atoms with Crippen molar-refractivity contribution in [2.24, 2.45) is 0 Å². The van der Waals surface area contributed by atoms with Crippen molar-refractivity contribution in [3.8, 4) is 51.0 Å². The van der Waals surface area contributed by atoms with Crippen LogP contribution in [0.1, 0.15) is 0 Å². The van der Waals surface area contributed by atoms with Gasteiger partial charge in [0.25, 0.3) is 0 Å². The molecular formula is C45H28N4S. The lowest BCUT2D eigenvalue weighted by atomic mass is 9.99. The first-order valence-corrected chi connectivity index (χ1v) is 17.5. The summed E-state index contributed by atoms with van der Waals surface area (Å²) < 4.78 is 4.98. The molecule has 0 bridgehead atoms. The molecule has 5 heteroatoms. The molecular weight excluding hydrogens is 629 g/mol. The molecule has 50 heavy (non-hydrogen) atoms. The molecule has 234 valence electrons. The number of nitrogens with zero attached hydrogens (tertiary/aromatic N) is 4. The molecule has 0 radical (unpaired) electrons. The Bertz CT molecular complexity index is 2810. The zero-order valence-corrected chi connectivity index (χ0v) is 27.7. The number of fused-ring (bicyclic) bond motifs is 6. The minimum absolute atomic E-state index is 0.637. The molecule has 3 heterocycles. The monoisotopic (exact) mass is 656 g/mol. The van der Waals surface area contributed by atoms with Gasteiger partial charge in [-0.05, 0) is 47.5 Å². The molecule has 0 saturated heterocycles. The Morgan fingerprint density at radius 3 is 1.74 bits per heavy atom. The number of hydrogen-bond acceptors (Lipinski definition) is 4. The summed E-state index contributed by atoms with van der Waals surface area (Å²) in [6, 6.07) is 59.7. The largest absolute Gasteiger partial charge is 0.308 e. The van der Waals surface area contributed by atoms with Crippen molar-refractivity contribution in [3.05, 3.63) is 170 Å². The van der Waals surface area contributed by atoms with Crippen molar-refractivity contribution in [1.29, 1.82) is 0 Å². The summed E-state index contributed by atoms with van der Waals surface area (Å²) in [5, 5.41) is 4.94. The fourth-order valence-corrected chi connectivity index (χ4v) is 8.36. The lowest BCUT2D eigenvalue weighted by molar-refractivity contribution is 1.07. The van der Waals surface area contributed by atoms with Gasteiger partial charge in [0, 0.05) is 53.3 Å². The third kappa shape index (κ3) is 4.63. The second-order valence-electron chi connectivity index (χ2n) is 12.4. The van der Waals surface area contributed by atoms with Crippen molar-refractivity contribution in [2.75, 3.05) is 0 Å². The summed E-state index contributed by atoms with van der Waals surface area (Å²) in [5.41, 5.74) is 8.54. The third-order valence-electron chi connectivity index (χ3n) is 9.45. The van der Waals surface area contributed by atoms with Gasteiger partial charge in [0.15, 0.2) is 17.5 Å². The summed E-state index contributed by atoms with van der Waals surface area (Å²) in [6.07, 6.45) is 0. The van der Waals surface area contributed by atoms with Crippen molar-refractivity contribution >= 4 is 53.3 Å². The predicted molar refractivity (Wildman–Crippen MR) is 209 cm³/mol. The minimum atomic E-state index is 0.637. The van der Waals surface area contributed by atoms with Crippen LogP contribution in [0.25, 0.3) is 93.0 Å². The van der Waals surface area contributed by atoms with E-state index in [9.17, 15) is 0 Å². The first-order chi connectivity index (χ1) is 24.8.